The number of likely N-dealkylation sites (tertiary alicyclic amines) is 1. The fraction of sp³-hybridized carbons (Fsp3) is 0.417. The highest BCUT2D eigenvalue weighted by atomic mass is 16.5. The van der Waals surface area contributed by atoms with Gasteiger partial charge in [0.1, 0.15) is 11.5 Å². The molecule has 1 fully saturated rings. The predicted octanol–water partition coefficient (Wildman–Crippen LogP) is 3.48. The maximum atomic E-state index is 13.1. The van der Waals surface area contributed by atoms with Crippen LogP contribution in [0.1, 0.15) is 41.6 Å². The number of hydrogen-bond donors (Lipinski definition) is 1. The summed E-state index contributed by atoms with van der Waals surface area (Å²) in [6.07, 6.45) is 1.95. The summed E-state index contributed by atoms with van der Waals surface area (Å²) in [5.41, 5.74) is 1.54. The van der Waals surface area contributed by atoms with Crippen LogP contribution in [-0.4, -0.2) is 50.6 Å². The first kappa shape index (κ1) is 21.7. The van der Waals surface area contributed by atoms with E-state index in [2.05, 4.69) is 12.2 Å². The van der Waals surface area contributed by atoms with E-state index >= 15 is 0 Å². The van der Waals surface area contributed by atoms with Crippen LogP contribution in [0.4, 0.5) is 0 Å². The average Bonchev–Trinajstić information content (AvgIpc) is 3.24. The molecule has 2 atom stereocenters. The summed E-state index contributed by atoms with van der Waals surface area (Å²) < 4.78 is 10.9. The Morgan fingerprint density at radius 1 is 1.07 bits per heavy atom. The SMILES string of the molecule is CCCCNC(=O)[C@H]1CN(C(=O)c2ccccc2)C[C@@H]1c1ccc(OC)cc1OC. The van der Waals surface area contributed by atoms with Crippen LogP contribution in [-0.2, 0) is 4.79 Å². The Labute approximate surface area is 178 Å². The third kappa shape index (κ3) is 4.75. The zero-order valence-corrected chi connectivity index (χ0v) is 17.9. The first-order valence-corrected chi connectivity index (χ1v) is 10.4. The highest BCUT2D eigenvalue weighted by Crippen LogP contribution is 2.39. The number of ether oxygens (including phenoxy) is 2. The molecule has 0 saturated carbocycles. The molecule has 6 heteroatoms. The molecule has 1 aliphatic heterocycles. The van der Waals surface area contributed by atoms with Crippen molar-refractivity contribution in [2.45, 2.75) is 25.7 Å². The van der Waals surface area contributed by atoms with Gasteiger partial charge in [0.2, 0.25) is 5.91 Å². The van der Waals surface area contributed by atoms with E-state index < -0.39 is 0 Å². The molecule has 30 heavy (non-hydrogen) atoms. The number of amides is 2. The molecule has 2 aromatic carbocycles. The molecule has 0 unspecified atom stereocenters. The lowest BCUT2D eigenvalue weighted by molar-refractivity contribution is -0.124. The Balaban J connectivity index is 1.89. The molecule has 3 rings (SSSR count). The first-order valence-electron chi connectivity index (χ1n) is 10.4. The van der Waals surface area contributed by atoms with Gasteiger partial charge in [0.15, 0.2) is 0 Å². The van der Waals surface area contributed by atoms with Gasteiger partial charge in [0, 0.05) is 42.7 Å². The van der Waals surface area contributed by atoms with Crippen molar-refractivity contribution in [3.8, 4) is 11.5 Å². The molecule has 0 aliphatic carbocycles. The fourth-order valence-electron chi connectivity index (χ4n) is 3.96. The molecule has 1 saturated heterocycles. The van der Waals surface area contributed by atoms with Crippen LogP contribution in [0.25, 0.3) is 0 Å². The smallest absolute Gasteiger partial charge is 0.253 e. The molecule has 0 radical (unpaired) electrons. The van der Waals surface area contributed by atoms with Crippen molar-refractivity contribution in [3.05, 3.63) is 59.7 Å². The molecule has 0 spiro atoms. The van der Waals surface area contributed by atoms with Crippen LogP contribution in [0.2, 0.25) is 0 Å². The average molecular weight is 411 g/mol. The van der Waals surface area contributed by atoms with E-state index in [1.165, 1.54) is 0 Å². The minimum Gasteiger partial charge on any atom is -0.497 e. The van der Waals surface area contributed by atoms with Crippen LogP contribution in [0.15, 0.2) is 48.5 Å². The lowest BCUT2D eigenvalue weighted by Gasteiger charge is -2.21. The van der Waals surface area contributed by atoms with Crippen LogP contribution >= 0.6 is 0 Å². The second kappa shape index (κ2) is 10.1. The molecular weight excluding hydrogens is 380 g/mol. The van der Waals surface area contributed by atoms with Gasteiger partial charge in [-0.2, -0.15) is 0 Å². The molecular formula is C24H30N2O4. The number of carbonyl (C=O) groups is 2. The number of hydrogen-bond acceptors (Lipinski definition) is 4. The van der Waals surface area contributed by atoms with E-state index in [1.54, 1.807) is 31.3 Å². The normalized spacial score (nSPS) is 18.2. The molecule has 160 valence electrons. The number of unbranched alkanes of at least 4 members (excludes halogenated alkanes) is 1. The van der Waals surface area contributed by atoms with Gasteiger partial charge in [-0.25, -0.2) is 0 Å². The van der Waals surface area contributed by atoms with Crippen LogP contribution in [0.5, 0.6) is 11.5 Å². The quantitative estimate of drug-likeness (QED) is 0.677. The van der Waals surface area contributed by atoms with Crippen LogP contribution < -0.4 is 14.8 Å². The van der Waals surface area contributed by atoms with Gasteiger partial charge in [-0.15, -0.1) is 0 Å². The van der Waals surface area contributed by atoms with Gasteiger partial charge < -0.3 is 19.7 Å². The zero-order chi connectivity index (χ0) is 21.5. The van der Waals surface area contributed by atoms with Crippen molar-refractivity contribution in [1.29, 1.82) is 0 Å². The third-order valence-electron chi connectivity index (χ3n) is 5.63. The summed E-state index contributed by atoms with van der Waals surface area (Å²) in [7, 11) is 3.21. The molecule has 2 amide bonds. The number of nitrogens with zero attached hydrogens (tertiary/aromatic N) is 1. The van der Waals surface area contributed by atoms with Gasteiger partial charge in [0.25, 0.3) is 5.91 Å². The van der Waals surface area contributed by atoms with Gasteiger partial charge in [-0.05, 0) is 24.6 Å². The van der Waals surface area contributed by atoms with Gasteiger partial charge in [-0.1, -0.05) is 37.6 Å². The van der Waals surface area contributed by atoms with E-state index in [4.69, 9.17) is 9.47 Å². The summed E-state index contributed by atoms with van der Waals surface area (Å²) >= 11 is 0. The zero-order valence-electron chi connectivity index (χ0n) is 17.9. The Morgan fingerprint density at radius 2 is 1.83 bits per heavy atom. The third-order valence-corrected chi connectivity index (χ3v) is 5.63. The van der Waals surface area contributed by atoms with Crippen LogP contribution in [0.3, 0.4) is 0 Å². The molecule has 0 bridgehead atoms. The molecule has 1 heterocycles. The number of nitrogens with one attached hydrogen (secondary N) is 1. The monoisotopic (exact) mass is 410 g/mol. The highest BCUT2D eigenvalue weighted by molar-refractivity contribution is 5.95. The Kier molecular flexibility index (Phi) is 7.33. The lowest BCUT2D eigenvalue weighted by Crippen LogP contribution is -2.36. The summed E-state index contributed by atoms with van der Waals surface area (Å²) in [4.78, 5) is 27.8. The van der Waals surface area contributed by atoms with Crippen molar-refractivity contribution >= 4 is 11.8 Å². The van der Waals surface area contributed by atoms with E-state index in [0.717, 1.165) is 18.4 Å². The number of methoxy groups -OCH3 is 2. The van der Waals surface area contributed by atoms with Crippen molar-refractivity contribution in [2.75, 3.05) is 33.9 Å². The van der Waals surface area contributed by atoms with Gasteiger partial charge in [0.05, 0.1) is 20.1 Å². The summed E-state index contributed by atoms with van der Waals surface area (Å²) in [5, 5.41) is 3.04. The van der Waals surface area contributed by atoms with E-state index in [9.17, 15) is 9.59 Å². The molecule has 2 aromatic rings. The maximum Gasteiger partial charge on any atom is 0.253 e. The lowest BCUT2D eigenvalue weighted by atomic mass is 9.87. The Morgan fingerprint density at radius 3 is 2.50 bits per heavy atom. The molecule has 1 aliphatic rings. The molecule has 1 N–H and O–H groups in total. The van der Waals surface area contributed by atoms with Crippen molar-refractivity contribution in [2.24, 2.45) is 5.92 Å². The van der Waals surface area contributed by atoms with E-state index in [0.29, 0.717) is 36.7 Å². The second-order valence-electron chi connectivity index (χ2n) is 7.54. The highest BCUT2D eigenvalue weighted by Gasteiger charge is 2.41. The van der Waals surface area contributed by atoms with Crippen molar-refractivity contribution < 1.29 is 19.1 Å². The minimum atomic E-state index is -0.336. The Bertz CT molecular complexity index is 869. The van der Waals surface area contributed by atoms with E-state index in [-0.39, 0.29) is 23.7 Å². The summed E-state index contributed by atoms with van der Waals surface area (Å²) in [5.74, 6) is 0.790. The number of benzene rings is 2. The first-order chi connectivity index (χ1) is 14.6. The van der Waals surface area contributed by atoms with Crippen molar-refractivity contribution in [3.63, 3.8) is 0 Å². The summed E-state index contributed by atoms with van der Waals surface area (Å²) in [6.45, 7) is 3.58. The summed E-state index contributed by atoms with van der Waals surface area (Å²) in [6, 6.07) is 14.8. The van der Waals surface area contributed by atoms with E-state index in [1.807, 2.05) is 36.4 Å². The molecule has 0 aromatic heterocycles. The largest absolute Gasteiger partial charge is 0.497 e. The number of carbonyl (C=O) groups excluding carboxylic acids is 2. The number of rotatable bonds is 8. The van der Waals surface area contributed by atoms with Crippen molar-refractivity contribution in [1.82, 2.24) is 10.2 Å². The standard InChI is InChI=1S/C24H30N2O4/c1-4-5-13-25-23(27)21-16-26(24(28)17-9-7-6-8-10-17)15-20(21)19-12-11-18(29-2)14-22(19)30-3/h6-12,14,20-21H,4-5,13,15-16H2,1-3H3,(H,25,27)/t20-,21+/m1/s1. The Hall–Kier alpha value is -3.02. The minimum absolute atomic E-state index is 0.0188. The second-order valence-corrected chi connectivity index (χ2v) is 7.54. The molecule has 6 nitrogen and oxygen atoms in total. The maximum absolute atomic E-state index is 13.1. The fourth-order valence-corrected chi connectivity index (χ4v) is 3.96. The van der Waals surface area contributed by atoms with Crippen LogP contribution in [0, 0.1) is 5.92 Å². The topological polar surface area (TPSA) is 67.9 Å². The van der Waals surface area contributed by atoms with Gasteiger partial charge >= 0.3 is 0 Å². The van der Waals surface area contributed by atoms with Gasteiger partial charge in [-0.3, -0.25) is 9.59 Å². The predicted molar refractivity (Wildman–Crippen MR) is 116 cm³/mol.